The van der Waals surface area contributed by atoms with Gasteiger partial charge in [-0.3, -0.25) is 9.79 Å². The first-order valence-corrected chi connectivity index (χ1v) is 8.17. The van der Waals surface area contributed by atoms with Crippen LogP contribution in [-0.4, -0.2) is 48.6 Å². The zero-order chi connectivity index (χ0) is 16.8. The topological polar surface area (TPSA) is 96.8 Å². The Morgan fingerprint density at radius 3 is 2.91 bits per heavy atom. The van der Waals surface area contributed by atoms with E-state index in [9.17, 15) is 4.79 Å². The van der Waals surface area contributed by atoms with Crippen molar-refractivity contribution in [2.45, 2.75) is 39.5 Å². The van der Waals surface area contributed by atoms with E-state index in [4.69, 9.17) is 10.3 Å². The molecule has 1 saturated heterocycles. The van der Waals surface area contributed by atoms with Crippen LogP contribution in [0.25, 0.3) is 0 Å². The standard InChI is InChI=1S/C16H27N5O2/c1-11-14(12(2)23-20-11)6-7-19-16(18-3)21-8-4-5-13(10-21)9-15(17)22/h13H,4-10H2,1-3H3,(H2,17,22)(H,18,19). The van der Waals surface area contributed by atoms with Gasteiger partial charge in [0, 0.05) is 38.7 Å². The molecule has 7 heteroatoms. The van der Waals surface area contributed by atoms with Gasteiger partial charge in [-0.1, -0.05) is 5.16 Å². The van der Waals surface area contributed by atoms with E-state index in [0.29, 0.717) is 12.3 Å². The van der Waals surface area contributed by atoms with Crippen LogP contribution in [0.15, 0.2) is 9.52 Å². The first kappa shape index (κ1) is 17.3. The second kappa shape index (κ2) is 7.99. The number of carbonyl (C=O) groups excluding carboxylic acids is 1. The van der Waals surface area contributed by atoms with Crippen LogP contribution in [0.4, 0.5) is 0 Å². The minimum atomic E-state index is -0.224. The highest BCUT2D eigenvalue weighted by molar-refractivity contribution is 5.80. The number of nitrogens with two attached hydrogens (primary N) is 1. The number of nitrogens with zero attached hydrogens (tertiary/aromatic N) is 3. The molecule has 128 valence electrons. The van der Waals surface area contributed by atoms with Crippen LogP contribution in [0.3, 0.4) is 0 Å². The number of amides is 1. The number of primary amides is 1. The number of aliphatic imine (C=N–C) groups is 1. The lowest BCUT2D eigenvalue weighted by molar-refractivity contribution is -0.119. The number of aryl methyl sites for hydroxylation is 2. The van der Waals surface area contributed by atoms with E-state index in [1.807, 2.05) is 13.8 Å². The number of hydrogen-bond donors (Lipinski definition) is 2. The Kier molecular flexibility index (Phi) is 6.01. The summed E-state index contributed by atoms with van der Waals surface area (Å²) in [7, 11) is 1.79. The lowest BCUT2D eigenvalue weighted by Crippen LogP contribution is -2.47. The van der Waals surface area contributed by atoms with Gasteiger partial charge in [-0.05, 0) is 39.0 Å². The molecule has 1 atom stereocenters. The summed E-state index contributed by atoms with van der Waals surface area (Å²) in [6.45, 7) is 6.45. The second-order valence-corrected chi connectivity index (χ2v) is 6.15. The molecule has 0 aromatic carbocycles. The lowest BCUT2D eigenvalue weighted by atomic mass is 9.95. The number of guanidine groups is 1. The molecule has 1 fully saturated rings. The van der Waals surface area contributed by atoms with Crippen LogP contribution in [0.2, 0.25) is 0 Å². The maximum absolute atomic E-state index is 11.1. The number of piperidine rings is 1. The maximum atomic E-state index is 11.1. The summed E-state index contributed by atoms with van der Waals surface area (Å²) in [4.78, 5) is 17.7. The summed E-state index contributed by atoms with van der Waals surface area (Å²) < 4.78 is 5.18. The van der Waals surface area contributed by atoms with Gasteiger partial charge < -0.3 is 20.5 Å². The molecule has 0 aliphatic carbocycles. The minimum absolute atomic E-state index is 0.224. The molecule has 0 radical (unpaired) electrons. The van der Waals surface area contributed by atoms with Crippen molar-refractivity contribution in [3.05, 3.63) is 17.0 Å². The van der Waals surface area contributed by atoms with Crippen LogP contribution in [0, 0.1) is 19.8 Å². The predicted octanol–water partition coefficient (Wildman–Crippen LogP) is 0.997. The summed E-state index contributed by atoms with van der Waals surface area (Å²) in [5.41, 5.74) is 7.42. The Balaban J connectivity index is 1.86. The molecular weight excluding hydrogens is 294 g/mol. The van der Waals surface area contributed by atoms with Crippen molar-refractivity contribution in [3.8, 4) is 0 Å². The van der Waals surface area contributed by atoms with Crippen molar-refractivity contribution in [1.29, 1.82) is 0 Å². The van der Waals surface area contributed by atoms with E-state index >= 15 is 0 Å². The Morgan fingerprint density at radius 2 is 2.30 bits per heavy atom. The highest BCUT2D eigenvalue weighted by atomic mass is 16.5. The normalized spacial score (nSPS) is 19.0. The molecule has 1 aromatic heterocycles. The summed E-state index contributed by atoms with van der Waals surface area (Å²) >= 11 is 0. The third-order valence-electron chi connectivity index (χ3n) is 4.36. The fourth-order valence-corrected chi connectivity index (χ4v) is 3.20. The van der Waals surface area contributed by atoms with Gasteiger partial charge in [-0.2, -0.15) is 0 Å². The number of rotatable bonds is 5. The molecule has 0 saturated carbocycles. The highest BCUT2D eigenvalue weighted by Gasteiger charge is 2.23. The largest absolute Gasteiger partial charge is 0.370 e. The van der Waals surface area contributed by atoms with Gasteiger partial charge in [0.1, 0.15) is 5.76 Å². The Morgan fingerprint density at radius 1 is 1.52 bits per heavy atom. The predicted molar refractivity (Wildman–Crippen MR) is 89.2 cm³/mol. The molecular formula is C16H27N5O2. The molecule has 1 aliphatic rings. The van der Waals surface area contributed by atoms with E-state index in [1.54, 1.807) is 7.05 Å². The fraction of sp³-hybridized carbons (Fsp3) is 0.688. The zero-order valence-corrected chi connectivity index (χ0v) is 14.3. The van der Waals surface area contributed by atoms with Crippen molar-refractivity contribution in [2.24, 2.45) is 16.6 Å². The molecule has 1 amide bonds. The highest BCUT2D eigenvalue weighted by Crippen LogP contribution is 2.19. The first-order valence-electron chi connectivity index (χ1n) is 8.17. The van der Waals surface area contributed by atoms with Crippen molar-refractivity contribution >= 4 is 11.9 Å². The van der Waals surface area contributed by atoms with E-state index in [0.717, 1.165) is 61.9 Å². The molecule has 1 aliphatic heterocycles. The second-order valence-electron chi connectivity index (χ2n) is 6.15. The van der Waals surface area contributed by atoms with E-state index in [2.05, 4.69) is 20.4 Å². The number of hydrogen-bond acceptors (Lipinski definition) is 4. The molecule has 0 bridgehead atoms. The van der Waals surface area contributed by atoms with Gasteiger partial charge in [0.05, 0.1) is 5.69 Å². The van der Waals surface area contributed by atoms with Gasteiger partial charge in [0.2, 0.25) is 5.91 Å². The summed E-state index contributed by atoms with van der Waals surface area (Å²) in [5.74, 6) is 1.85. The van der Waals surface area contributed by atoms with Crippen molar-refractivity contribution in [1.82, 2.24) is 15.4 Å². The van der Waals surface area contributed by atoms with Gasteiger partial charge in [-0.25, -0.2) is 0 Å². The van der Waals surface area contributed by atoms with Gasteiger partial charge in [0.15, 0.2) is 5.96 Å². The number of carbonyl (C=O) groups is 1. The SMILES string of the molecule is CN=C(NCCc1c(C)noc1C)N1CCCC(CC(N)=O)C1. The lowest BCUT2D eigenvalue weighted by Gasteiger charge is -2.34. The fourth-order valence-electron chi connectivity index (χ4n) is 3.20. The molecule has 0 spiro atoms. The molecule has 1 unspecified atom stereocenters. The van der Waals surface area contributed by atoms with E-state index < -0.39 is 0 Å². The summed E-state index contributed by atoms with van der Waals surface area (Å²) in [6.07, 6.45) is 3.41. The van der Waals surface area contributed by atoms with Crippen molar-refractivity contribution in [3.63, 3.8) is 0 Å². The number of nitrogens with one attached hydrogen (secondary N) is 1. The third-order valence-corrected chi connectivity index (χ3v) is 4.36. The van der Waals surface area contributed by atoms with Crippen LogP contribution in [-0.2, 0) is 11.2 Å². The average molecular weight is 321 g/mol. The monoisotopic (exact) mass is 321 g/mol. The minimum Gasteiger partial charge on any atom is -0.370 e. The van der Waals surface area contributed by atoms with Gasteiger partial charge >= 0.3 is 0 Å². The zero-order valence-electron chi connectivity index (χ0n) is 14.3. The maximum Gasteiger partial charge on any atom is 0.217 e. The molecule has 3 N–H and O–H groups in total. The Labute approximate surface area is 137 Å². The molecule has 23 heavy (non-hydrogen) atoms. The smallest absolute Gasteiger partial charge is 0.217 e. The van der Waals surface area contributed by atoms with E-state index in [1.165, 1.54) is 0 Å². The van der Waals surface area contributed by atoms with Crippen LogP contribution in [0.1, 0.15) is 36.3 Å². The summed E-state index contributed by atoms with van der Waals surface area (Å²) in [5, 5.41) is 7.37. The quantitative estimate of drug-likeness (QED) is 0.623. The van der Waals surface area contributed by atoms with Crippen LogP contribution >= 0.6 is 0 Å². The molecule has 7 nitrogen and oxygen atoms in total. The van der Waals surface area contributed by atoms with Crippen molar-refractivity contribution in [2.75, 3.05) is 26.7 Å². The molecule has 2 rings (SSSR count). The Bertz CT molecular complexity index is 547. The average Bonchev–Trinajstić information content (AvgIpc) is 2.82. The number of aromatic nitrogens is 1. The van der Waals surface area contributed by atoms with Crippen LogP contribution in [0.5, 0.6) is 0 Å². The first-order chi connectivity index (χ1) is 11.0. The number of likely N-dealkylation sites (tertiary alicyclic amines) is 1. The van der Waals surface area contributed by atoms with Gasteiger partial charge in [-0.15, -0.1) is 0 Å². The van der Waals surface area contributed by atoms with Crippen molar-refractivity contribution < 1.29 is 9.32 Å². The molecule has 2 heterocycles. The molecule has 1 aromatic rings. The third kappa shape index (κ3) is 4.71. The van der Waals surface area contributed by atoms with E-state index in [-0.39, 0.29) is 5.91 Å². The van der Waals surface area contributed by atoms with Crippen LogP contribution < -0.4 is 11.1 Å². The Hall–Kier alpha value is -2.05. The van der Waals surface area contributed by atoms with Gasteiger partial charge in [0.25, 0.3) is 0 Å². The summed E-state index contributed by atoms with van der Waals surface area (Å²) in [6, 6.07) is 0.